The number of halogens is 1. The van der Waals surface area contributed by atoms with Gasteiger partial charge in [0, 0.05) is 16.0 Å². The van der Waals surface area contributed by atoms with Crippen molar-refractivity contribution in [3.63, 3.8) is 0 Å². The van der Waals surface area contributed by atoms with Crippen molar-refractivity contribution in [3.8, 4) is 6.07 Å². The quantitative estimate of drug-likeness (QED) is 0.439. The van der Waals surface area contributed by atoms with Gasteiger partial charge >= 0.3 is 5.97 Å². The molecule has 0 aromatic heterocycles. The molecule has 1 amide bonds. The van der Waals surface area contributed by atoms with Gasteiger partial charge in [0.25, 0.3) is 5.91 Å². The zero-order chi connectivity index (χ0) is 18.8. The summed E-state index contributed by atoms with van der Waals surface area (Å²) in [7, 11) is 0. The lowest BCUT2D eigenvalue weighted by Crippen LogP contribution is -2.20. The van der Waals surface area contributed by atoms with Crippen LogP contribution in [0.1, 0.15) is 5.56 Å². The summed E-state index contributed by atoms with van der Waals surface area (Å²) < 4.78 is 4.92. The van der Waals surface area contributed by atoms with Crippen molar-refractivity contribution in [1.82, 2.24) is 0 Å². The Morgan fingerprint density at radius 1 is 1.19 bits per heavy atom. The van der Waals surface area contributed by atoms with E-state index in [0.717, 1.165) is 10.5 Å². The number of ether oxygens (including phenoxy) is 1. The number of para-hydroxylation sites is 1. The molecule has 132 valence electrons. The van der Waals surface area contributed by atoms with Crippen LogP contribution in [0.15, 0.2) is 59.5 Å². The average molecular weight is 387 g/mol. The highest BCUT2D eigenvalue weighted by Crippen LogP contribution is 2.26. The third-order valence-electron chi connectivity index (χ3n) is 3.08. The fourth-order valence-corrected chi connectivity index (χ4v) is 2.71. The average Bonchev–Trinajstić information content (AvgIpc) is 2.65. The van der Waals surface area contributed by atoms with Gasteiger partial charge in [0.05, 0.1) is 17.5 Å². The third kappa shape index (κ3) is 6.63. The number of anilines is 1. The van der Waals surface area contributed by atoms with E-state index in [4.69, 9.17) is 21.6 Å². The zero-order valence-electron chi connectivity index (χ0n) is 13.6. The van der Waals surface area contributed by atoms with Crippen LogP contribution in [0.2, 0.25) is 5.02 Å². The molecular weight excluding hydrogens is 372 g/mol. The van der Waals surface area contributed by atoms with Crippen LogP contribution in [0.4, 0.5) is 5.69 Å². The van der Waals surface area contributed by atoms with Crippen molar-refractivity contribution >= 4 is 47.0 Å². The minimum absolute atomic E-state index is 0.275. The number of hydrogen-bond acceptors (Lipinski definition) is 5. The van der Waals surface area contributed by atoms with Crippen molar-refractivity contribution in [2.75, 3.05) is 17.7 Å². The monoisotopic (exact) mass is 386 g/mol. The molecule has 1 N–H and O–H groups in total. The molecule has 7 heteroatoms. The number of nitriles is 1. The van der Waals surface area contributed by atoms with E-state index in [1.807, 2.05) is 12.1 Å². The van der Waals surface area contributed by atoms with Crippen LogP contribution < -0.4 is 5.32 Å². The first kappa shape index (κ1) is 19.6. The summed E-state index contributed by atoms with van der Waals surface area (Å²) in [5, 5.41) is 11.9. The molecule has 2 aromatic carbocycles. The first-order chi connectivity index (χ1) is 12.6. The maximum Gasteiger partial charge on any atom is 0.331 e. The molecule has 0 aliphatic heterocycles. The number of thioether (sulfide) groups is 1. The minimum Gasteiger partial charge on any atom is -0.452 e. The molecule has 2 rings (SSSR count). The summed E-state index contributed by atoms with van der Waals surface area (Å²) in [6, 6.07) is 16.1. The summed E-state index contributed by atoms with van der Waals surface area (Å²) in [5.41, 5.74) is 1.37. The standard InChI is InChI=1S/C19H15ClN2O3S/c20-15-8-5-14(6-9-15)7-10-19(24)25-13-18(23)22-16-3-1-2-4-17(16)26-12-11-21/h1-10H,12-13H2,(H,22,23)/b10-7+. The highest BCUT2D eigenvalue weighted by atomic mass is 35.5. The van der Waals surface area contributed by atoms with E-state index in [1.165, 1.54) is 17.8 Å². The SMILES string of the molecule is N#CCSc1ccccc1NC(=O)COC(=O)/C=C/c1ccc(Cl)cc1. The van der Waals surface area contributed by atoms with Gasteiger partial charge in [-0.15, -0.1) is 11.8 Å². The maximum atomic E-state index is 12.0. The van der Waals surface area contributed by atoms with Crippen LogP contribution >= 0.6 is 23.4 Å². The maximum absolute atomic E-state index is 12.0. The summed E-state index contributed by atoms with van der Waals surface area (Å²) in [4.78, 5) is 24.4. The van der Waals surface area contributed by atoms with E-state index >= 15 is 0 Å². The van der Waals surface area contributed by atoms with Crippen molar-refractivity contribution < 1.29 is 14.3 Å². The smallest absolute Gasteiger partial charge is 0.331 e. The summed E-state index contributed by atoms with van der Waals surface area (Å²) in [5.74, 6) is -0.803. The molecule has 0 heterocycles. The Morgan fingerprint density at radius 3 is 2.65 bits per heavy atom. The topological polar surface area (TPSA) is 79.2 Å². The summed E-state index contributed by atoms with van der Waals surface area (Å²) in [6.07, 6.45) is 2.82. The van der Waals surface area contributed by atoms with Gasteiger partial charge in [-0.1, -0.05) is 35.9 Å². The van der Waals surface area contributed by atoms with Crippen LogP contribution in [0.25, 0.3) is 6.08 Å². The highest BCUT2D eigenvalue weighted by molar-refractivity contribution is 7.99. The van der Waals surface area contributed by atoms with Crippen LogP contribution in [-0.2, 0) is 14.3 Å². The molecule has 0 saturated heterocycles. The molecule has 0 fully saturated rings. The Morgan fingerprint density at radius 2 is 1.92 bits per heavy atom. The number of carbonyl (C=O) groups is 2. The predicted octanol–water partition coefficient (Wildman–Crippen LogP) is 4.15. The molecule has 0 unspecified atom stereocenters. The lowest BCUT2D eigenvalue weighted by Gasteiger charge is -2.09. The van der Waals surface area contributed by atoms with E-state index in [0.29, 0.717) is 10.7 Å². The van der Waals surface area contributed by atoms with Crippen molar-refractivity contribution in [1.29, 1.82) is 5.26 Å². The fraction of sp³-hybridized carbons (Fsp3) is 0.105. The first-order valence-corrected chi connectivity index (χ1v) is 8.94. The predicted molar refractivity (Wildman–Crippen MR) is 103 cm³/mol. The van der Waals surface area contributed by atoms with Crippen molar-refractivity contribution in [3.05, 3.63) is 65.2 Å². The number of hydrogen-bond donors (Lipinski definition) is 1. The van der Waals surface area contributed by atoms with Crippen LogP contribution in [0.3, 0.4) is 0 Å². The van der Waals surface area contributed by atoms with E-state index in [2.05, 4.69) is 5.32 Å². The summed E-state index contributed by atoms with van der Waals surface area (Å²) in [6.45, 7) is -0.402. The molecule has 0 atom stereocenters. The van der Waals surface area contributed by atoms with E-state index < -0.39 is 18.5 Å². The second kappa shape index (κ2) is 10.3. The van der Waals surface area contributed by atoms with Crippen LogP contribution in [0, 0.1) is 11.3 Å². The number of benzene rings is 2. The van der Waals surface area contributed by atoms with Gasteiger partial charge in [0.15, 0.2) is 6.61 Å². The van der Waals surface area contributed by atoms with E-state index in [-0.39, 0.29) is 5.75 Å². The Bertz CT molecular complexity index is 845. The number of carbonyl (C=O) groups excluding carboxylic acids is 2. The van der Waals surface area contributed by atoms with Gasteiger partial charge in [-0.25, -0.2) is 4.79 Å². The Labute approximate surface area is 160 Å². The summed E-state index contributed by atoms with van der Waals surface area (Å²) >= 11 is 7.10. The van der Waals surface area contributed by atoms with E-state index in [1.54, 1.807) is 48.5 Å². The molecule has 2 aromatic rings. The third-order valence-corrected chi connectivity index (χ3v) is 4.27. The zero-order valence-corrected chi connectivity index (χ0v) is 15.2. The van der Waals surface area contributed by atoms with Crippen molar-refractivity contribution in [2.45, 2.75) is 4.90 Å². The number of nitrogens with zero attached hydrogens (tertiary/aromatic N) is 1. The largest absolute Gasteiger partial charge is 0.452 e. The minimum atomic E-state index is -0.623. The molecular formula is C19H15ClN2O3S. The molecule has 0 spiro atoms. The number of esters is 1. The molecule has 26 heavy (non-hydrogen) atoms. The lowest BCUT2D eigenvalue weighted by atomic mass is 10.2. The van der Waals surface area contributed by atoms with Crippen molar-refractivity contribution in [2.24, 2.45) is 0 Å². The lowest BCUT2D eigenvalue weighted by molar-refractivity contribution is -0.142. The highest BCUT2D eigenvalue weighted by Gasteiger charge is 2.09. The van der Waals surface area contributed by atoms with Gasteiger partial charge in [-0.05, 0) is 35.9 Å². The Kier molecular flexibility index (Phi) is 7.75. The Balaban J connectivity index is 1.84. The van der Waals surface area contributed by atoms with Gasteiger partial charge in [-0.3, -0.25) is 4.79 Å². The molecule has 0 saturated carbocycles. The van der Waals surface area contributed by atoms with Crippen LogP contribution in [0.5, 0.6) is 0 Å². The number of nitrogens with one attached hydrogen (secondary N) is 1. The number of amides is 1. The first-order valence-electron chi connectivity index (χ1n) is 7.57. The normalized spacial score (nSPS) is 10.3. The van der Waals surface area contributed by atoms with Gasteiger partial charge < -0.3 is 10.1 Å². The second-order valence-electron chi connectivity index (χ2n) is 4.98. The second-order valence-corrected chi connectivity index (χ2v) is 6.44. The van der Waals surface area contributed by atoms with E-state index in [9.17, 15) is 9.59 Å². The van der Waals surface area contributed by atoms with Crippen LogP contribution in [-0.4, -0.2) is 24.2 Å². The fourth-order valence-electron chi connectivity index (χ4n) is 1.92. The Hall–Kier alpha value is -2.75. The molecule has 0 radical (unpaired) electrons. The molecule has 5 nitrogen and oxygen atoms in total. The molecule has 0 aliphatic rings. The molecule has 0 bridgehead atoms. The molecule has 0 aliphatic carbocycles. The van der Waals surface area contributed by atoms with Gasteiger partial charge in [0.2, 0.25) is 0 Å². The van der Waals surface area contributed by atoms with Gasteiger partial charge in [-0.2, -0.15) is 5.26 Å². The number of rotatable bonds is 7. The van der Waals surface area contributed by atoms with Gasteiger partial charge in [0.1, 0.15) is 0 Å².